The average Bonchev–Trinajstić information content (AvgIpc) is 3.32. The molecule has 0 aliphatic carbocycles. The molecule has 0 aromatic carbocycles. The number of hydrogen-bond acceptors (Lipinski definition) is 4. The average molecular weight is 383 g/mol. The number of aromatic nitrogens is 4. The lowest BCUT2D eigenvalue weighted by Gasteiger charge is -2.14. The van der Waals surface area contributed by atoms with Gasteiger partial charge >= 0.3 is 0 Å². The van der Waals surface area contributed by atoms with Crippen molar-refractivity contribution < 1.29 is 4.79 Å². The molecule has 1 amide bonds. The molecule has 1 aliphatic rings. The van der Waals surface area contributed by atoms with E-state index in [1.54, 1.807) is 18.6 Å². The zero-order chi connectivity index (χ0) is 19.8. The first kappa shape index (κ1) is 17.6. The predicted molar refractivity (Wildman–Crippen MR) is 110 cm³/mol. The molecule has 0 fully saturated rings. The highest BCUT2D eigenvalue weighted by Gasteiger charge is 2.31. The molecule has 0 saturated carbocycles. The Morgan fingerprint density at radius 2 is 1.97 bits per heavy atom. The van der Waals surface area contributed by atoms with Crippen LogP contribution in [0.25, 0.3) is 16.8 Å². The molecule has 0 bridgehead atoms. The molecule has 0 radical (unpaired) electrons. The smallest absolute Gasteiger partial charge is 0.256 e. The molecule has 0 spiro atoms. The van der Waals surface area contributed by atoms with Gasteiger partial charge in [0, 0.05) is 43.9 Å². The van der Waals surface area contributed by atoms with E-state index in [0.29, 0.717) is 25.1 Å². The highest BCUT2D eigenvalue weighted by Crippen LogP contribution is 2.31. The van der Waals surface area contributed by atoms with Crippen LogP contribution in [0.4, 0.5) is 0 Å². The van der Waals surface area contributed by atoms with Crippen LogP contribution in [0, 0.1) is 0 Å². The van der Waals surface area contributed by atoms with Gasteiger partial charge in [0.25, 0.3) is 5.91 Å². The van der Waals surface area contributed by atoms with E-state index in [9.17, 15) is 4.79 Å². The zero-order valence-corrected chi connectivity index (χ0v) is 16.2. The zero-order valence-electron chi connectivity index (χ0n) is 16.2. The molecule has 0 saturated heterocycles. The molecule has 6 nitrogen and oxygen atoms in total. The summed E-state index contributed by atoms with van der Waals surface area (Å²) >= 11 is 0. The fourth-order valence-electron chi connectivity index (χ4n) is 3.89. The maximum atomic E-state index is 13.1. The number of fused-ring (bicyclic) bond motifs is 2. The lowest BCUT2D eigenvalue weighted by atomic mass is 10.0. The molecule has 29 heavy (non-hydrogen) atoms. The fourth-order valence-corrected chi connectivity index (χ4v) is 3.89. The van der Waals surface area contributed by atoms with Crippen molar-refractivity contribution in [3.63, 3.8) is 0 Å². The van der Waals surface area contributed by atoms with Crippen LogP contribution < -0.4 is 0 Å². The SMILES string of the molecule is CCc1ccn2cc(CCN3Cc4nccc(-c5ccncc5)c4C3=O)nc2c1. The van der Waals surface area contributed by atoms with E-state index in [-0.39, 0.29) is 5.91 Å². The molecular weight excluding hydrogens is 362 g/mol. The number of nitrogens with zero attached hydrogens (tertiary/aromatic N) is 5. The standard InChI is InChI=1S/C23H21N5O/c1-2-16-6-11-27-14-18(26-21(27)13-16)7-12-28-15-20-22(23(28)29)19(5-10-25-20)17-3-8-24-9-4-17/h3-6,8-11,13-14H,2,7,12,15H2,1H3. The van der Waals surface area contributed by atoms with Crippen LogP contribution in [0.15, 0.2) is 61.3 Å². The molecule has 5 heterocycles. The topological polar surface area (TPSA) is 63.4 Å². The van der Waals surface area contributed by atoms with E-state index >= 15 is 0 Å². The summed E-state index contributed by atoms with van der Waals surface area (Å²) < 4.78 is 2.04. The molecule has 144 valence electrons. The van der Waals surface area contributed by atoms with Gasteiger partial charge < -0.3 is 9.30 Å². The van der Waals surface area contributed by atoms with Crippen LogP contribution in [0.2, 0.25) is 0 Å². The highest BCUT2D eigenvalue weighted by atomic mass is 16.2. The van der Waals surface area contributed by atoms with Gasteiger partial charge in [-0.1, -0.05) is 6.92 Å². The molecule has 0 unspecified atom stereocenters. The Labute approximate surface area is 168 Å². The Morgan fingerprint density at radius 3 is 2.79 bits per heavy atom. The monoisotopic (exact) mass is 383 g/mol. The summed E-state index contributed by atoms with van der Waals surface area (Å²) in [5.74, 6) is 0.0388. The largest absolute Gasteiger partial charge is 0.332 e. The van der Waals surface area contributed by atoms with E-state index in [4.69, 9.17) is 4.98 Å². The molecule has 0 N–H and O–H groups in total. The van der Waals surface area contributed by atoms with Crippen molar-refractivity contribution in [1.82, 2.24) is 24.3 Å². The number of imidazole rings is 1. The first-order valence-electron chi connectivity index (χ1n) is 9.87. The first-order chi connectivity index (χ1) is 14.2. The van der Waals surface area contributed by atoms with Crippen LogP contribution >= 0.6 is 0 Å². The first-order valence-corrected chi connectivity index (χ1v) is 9.87. The van der Waals surface area contributed by atoms with Crippen molar-refractivity contribution in [2.24, 2.45) is 0 Å². The lowest BCUT2D eigenvalue weighted by Crippen LogP contribution is -2.26. The number of carbonyl (C=O) groups excluding carboxylic acids is 1. The summed E-state index contributed by atoms with van der Waals surface area (Å²) in [6.07, 6.45) is 11.1. The predicted octanol–water partition coefficient (Wildman–Crippen LogP) is 3.55. The Hall–Kier alpha value is -3.54. The van der Waals surface area contributed by atoms with Crippen LogP contribution in [0.5, 0.6) is 0 Å². The minimum absolute atomic E-state index is 0.0388. The highest BCUT2D eigenvalue weighted by molar-refractivity contribution is 6.03. The maximum absolute atomic E-state index is 13.1. The van der Waals surface area contributed by atoms with Gasteiger partial charge in [0.2, 0.25) is 0 Å². The summed E-state index contributed by atoms with van der Waals surface area (Å²) in [6.45, 7) is 3.30. The van der Waals surface area contributed by atoms with Crippen LogP contribution in [-0.2, 0) is 19.4 Å². The molecule has 5 rings (SSSR count). The third-order valence-corrected chi connectivity index (χ3v) is 5.48. The van der Waals surface area contributed by atoms with Crippen molar-refractivity contribution in [2.75, 3.05) is 6.54 Å². The summed E-state index contributed by atoms with van der Waals surface area (Å²) in [6, 6.07) is 9.99. The van der Waals surface area contributed by atoms with Crippen molar-refractivity contribution in [2.45, 2.75) is 26.3 Å². The number of aryl methyl sites for hydroxylation is 1. The van der Waals surface area contributed by atoms with Crippen LogP contribution in [0.1, 0.15) is 34.2 Å². The van der Waals surface area contributed by atoms with Gasteiger partial charge in [-0.3, -0.25) is 14.8 Å². The molecule has 0 atom stereocenters. The summed E-state index contributed by atoms with van der Waals surface area (Å²) in [4.78, 5) is 28.2. The van der Waals surface area contributed by atoms with Crippen molar-refractivity contribution in [1.29, 1.82) is 0 Å². The van der Waals surface area contributed by atoms with Gasteiger partial charge in [0.1, 0.15) is 5.65 Å². The quantitative estimate of drug-likeness (QED) is 0.529. The van der Waals surface area contributed by atoms with Gasteiger partial charge in [0.15, 0.2) is 0 Å². The Morgan fingerprint density at radius 1 is 1.10 bits per heavy atom. The molecule has 4 aromatic rings. The van der Waals surface area contributed by atoms with Gasteiger partial charge in [-0.05, 0) is 53.4 Å². The third kappa shape index (κ3) is 3.16. The van der Waals surface area contributed by atoms with Gasteiger partial charge in [-0.2, -0.15) is 0 Å². The van der Waals surface area contributed by atoms with E-state index < -0.39 is 0 Å². The van der Waals surface area contributed by atoms with Crippen molar-refractivity contribution in [3.05, 3.63) is 83.8 Å². The maximum Gasteiger partial charge on any atom is 0.256 e. The number of carbonyl (C=O) groups is 1. The fraction of sp³-hybridized carbons (Fsp3) is 0.217. The second-order valence-electron chi connectivity index (χ2n) is 7.28. The summed E-state index contributed by atoms with van der Waals surface area (Å²) in [5.41, 5.74) is 6.68. The van der Waals surface area contributed by atoms with Gasteiger partial charge in [-0.15, -0.1) is 0 Å². The summed E-state index contributed by atoms with van der Waals surface area (Å²) in [5, 5.41) is 0. The number of pyridine rings is 3. The number of rotatable bonds is 5. The molecular formula is C23H21N5O. The second kappa shape index (κ2) is 7.13. The second-order valence-corrected chi connectivity index (χ2v) is 7.28. The molecule has 6 heteroatoms. The van der Waals surface area contributed by atoms with E-state index in [0.717, 1.165) is 34.6 Å². The van der Waals surface area contributed by atoms with E-state index in [1.807, 2.05) is 39.9 Å². The minimum atomic E-state index is 0.0388. The van der Waals surface area contributed by atoms with Crippen LogP contribution in [-0.4, -0.2) is 36.7 Å². The Bertz CT molecular complexity index is 1200. The van der Waals surface area contributed by atoms with Gasteiger partial charge in [-0.25, -0.2) is 4.98 Å². The van der Waals surface area contributed by atoms with E-state index in [1.165, 1.54) is 5.56 Å². The lowest BCUT2D eigenvalue weighted by molar-refractivity contribution is 0.0780. The Kier molecular flexibility index (Phi) is 4.31. The van der Waals surface area contributed by atoms with E-state index in [2.05, 4.69) is 29.0 Å². The van der Waals surface area contributed by atoms with Crippen LogP contribution in [0.3, 0.4) is 0 Å². The third-order valence-electron chi connectivity index (χ3n) is 5.48. The number of amides is 1. The van der Waals surface area contributed by atoms with Gasteiger partial charge in [0.05, 0.1) is 23.5 Å². The van der Waals surface area contributed by atoms with Crippen molar-refractivity contribution >= 4 is 11.6 Å². The Balaban J connectivity index is 1.36. The minimum Gasteiger partial charge on any atom is -0.332 e. The summed E-state index contributed by atoms with van der Waals surface area (Å²) in [7, 11) is 0. The van der Waals surface area contributed by atoms with Crippen molar-refractivity contribution in [3.8, 4) is 11.1 Å². The normalized spacial score (nSPS) is 13.3. The molecule has 1 aliphatic heterocycles. The molecule has 4 aromatic heterocycles. The number of hydrogen-bond donors (Lipinski definition) is 0.